The van der Waals surface area contributed by atoms with E-state index in [1.165, 1.54) is 0 Å². The first-order valence-electron chi connectivity index (χ1n) is 4.85. The molecule has 0 radical (unpaired) electrons. The SMILES string of the molecule is Nc1cccc2c(Cl)nc(-c3ccc(Br)o3)n12. The van der Waals surface area contributed by atoms with Crippen LogP contribution < -0.4 is 5.73 Å². The highest BCUT2D eigenvalue weighted by molar-refractivity contribution is 9.10. The summed E-state index contributed by atoms with van der Waals surface area (Å²) in [7, 11) is 0. The number of halogens is 2. The molecule has 0 saturated carbocycles. The van der Waals surface area contributed by atoms with Crippen LogP contribution in [0.15, 0.2) is 39.4 Å². The molecule has 0 spiro atoms. The van der Waals surface area contributed by atoms with Crippen molar-refractivity contribution in [3.05, 3.63) is 40.2 Å². The highest BCUT2D eigenvalue weighted by Crippen LogP contribution is 2.30. The minimum absolute atomic E-state index is 0.403. The molecule has 86 valence electrons. The number of hydrogen-bond acceptors (Lipinski definition) is 3. The molecular weight excluding hydrogens is 305 g/mol. The third-order valence-corrected chi connectivity index (χ3v) is 3.15. The van der Waals surface area contributed by atoms with Gasteiger partial charge in [0.2, 0.25) is 0 Å². The smallest absolute Gasteiger partial charge is 0.184 e. The lowest BCUT2D eigenvalue weighted by Crippen LogP contribution is -1.97. The molecule has 3 aromatic rings. The number of rotatable bonds is 1. The lowest BCUT2D eigenvalue weighted by atomic mass is 10.4. The molecule has 0 saturated heterocycles. The molecule has 2 N–H and O–H groups in total. The number of hydrogen-bond donors (Lipinski definition) is 1. The van der Waals surface area contributed by atoms with Gasteiger partial charge < -0.3 is 10.2 Å². The highest BCUT2D eigenvalue weighted by atomic mass is 79.9. The number of nitrogens with zero attached hydrogens (tertiary/aromatic N) is 2. The zero-order valence-electron chi connectivity index (χ0n) is 8.52. The molecule has 3 aromatic heterocycles. The van der Waals surface area contributed by atoms with Gasteiger partial charge in [-0.25, -0.2) is 4.98 Å². The van der Waals surface area contributed by atoms with Gasteiger partial charge in [0.25, 0.3) is 0 Å². The number of nitrogen functional groups attached to an aromatic ring is 1. The molecule has 0 atom stereocenters. The van der Waals surface area contributed by atoms with Gasteiger partial charge in [0.1, 0.15) is 5.82 Å². The topological polar surface area (TPSA) is 56.5 Å². The van der Waals surface area contributed by atoms with Gasteiger partial charge in [-0.1, -0.05) is 17.7 Å². The largest absolute Gasteiger partial charge is 0.446 e. The summed E-state index contributed by atoms with van der Waals surface area (Å²) >= 11 is 9.32. The van der Waals surface area contributed by atoms with Crippen LogP contribution in [0.4, 0.5) is 5.82 Å². The van der Waals surface area contributed by atoms with Crippen LogP contribution in [-0.4, -0.2) is 9.38 Å². The maximum atomic E-state index is 6.07. The van der Waals surface area contributed by atoms with Gasteiger partial charge in [0.05, 0.1) is 5.52 Å². The average molecular weight is 313 g/mol. The van der Waals surface area contributed by atoms with Crippen molar-refractivity contribution in [2.75, 3.05) is 5.73 Å². The average Bonchev–Trinajstić information content (AvgIpc) is 2.85. The lowest BCUT2D eigenvalue weighted by molar-refractivity contribution is 0.551. The van der Waals surface area contributed by atoms with E-state index in [2.05, 4.69) is 20.9 Å². The monoisotopic (exact) mass is 311 g/mol. The minimum atomic E-state index is 0.403. The molecule has 3 heterocycles. The van der Waals surface area contributed by atoms with Crippen molar-refractivity contribution < 1.29 is 4.42 Å². The van der Waals surface area contributed by atoms with E-state index in [-0.39, 0.29) is 0 Å². The Morgan fingerprint density at radius 1 is 1.29 bits per heavy atom. The summed E-state index contributed by atoms with van der Waals surface area (Å²) in [6.45, 7) is 0. The summed E-state index contributed by atoms with van der Waals surface area (Å²) in [6.07, 6.45) is 0. The summed E-state index contributed by atoms with van der Waals surface area (Å²) in [5.74, 6) is 1.76. The molecule has 0 aliphatic heterocycles. The first-order valence-corrected chi connectivity index (χ1v) is 6.02. The molecule has 0 bridgehead atoms. The van der Waals surface area contributed by atoms with Crippen molar-refractivity contribution >= 4 is 38.9 Å². The van der Waals surface area contributed by atoms with E-state index in [0.29, 0.717) is 27.2 Å². The Balaban J connectivity index is 2.37. The van der Waals surface area contributed by atoms with Crippen LogP contribution in [0.2, 0.25) is 5.15 Å². The predicted molar refractivity (Wildman–Crippen MR) is 70.0 cm³/mol. The quantitative estimate of drug-likeness (QED) is 0.747. The normalized spacial score (nSPS) is 11.2. The van der Waals surface area contributed by atoms with Crippen molar-refractivity contribution in [1.29, 1.82) is 0 Å². The standard InChI is InChI=1S/C11H7BrClN3O/c12-8-5-4-7(17-8)11-15-10(13)6-2-1-3-9(14)16(6)11/h1-5H,14H2. The summed E-state index contributed by atoms with van der Waals surface area (Å²) < 4.78 is 7.86. The van der Waals surface area contributed by atoms with E-state index in [9.17, 15) is 0 Å². The molecule has 0 unspecified atom stereocenters. The summed E-state index contributed by atoms with van der Waals surface area (Å²) in [4.78, 5) is 4.27. The Labute approximate surface area is 110 Å². The van der Waals surface area contributed by atoms with Gasteiger partial charge in [-0.05, 0) is 40.2 Å². The first-order chi connectivity index (χ1) is 8.16. The van der Waals surface area contributed by atoms with E-state index in [1.54, 1.807) is 16.5 Å². The Bertz CT molecular complexity index is 704. The van der Waals surface area contributed by atoms with Crippen molar-refractivity contribution in [3.63, 3.8) is 0 Å². The zero-order chi connectivity index (χ0) is 12.0. The van der Waals surface area contributed by atoms with Gasteiger partial charge >= 0.3 is 0 Å². The third kappa shape index (κ3) is 1.62. The third-order valence-electron chi connectivity index (χ3n) is 2.44. The van der Waals surface area contributed by atoms with E-state index in [4.69, 9.17) is 21.8 Å². The Morgan fingerprint density at radius 2 is 2.12 bits per heavy atom. The van der Waals surface area contributed by atoms with Crippen LogP contribution in [0.3, 0.4) is 0 Å². The van der Waals surface area contributed by atoms with E-state index in [0.717, 1.165) is 5.52 Å². The van der Waals surface area contributed by atoms with Crippen LogP contribution in [-0.2, 0) is 0 Å². The van der Waals surface area contributed by atoms with Crippen molar-refractivity contribution in [2.45, 2.75) is 0 Å². The Hall–Kier alpha value is -1.46. The maximum Gasteiger partial charge on any atom is 0.184 e. The second-order valence-electron chi connectivity index (χ2n) is 3.50. The first kappa shape index (κ1) is 10.7. The Morgan fingerprint density at radius 3 is 2.82 bits per heavy atom. The fraction of sp³-hybridized carbons (Fsp3) is 0. The van der Waals surface area contributed by atoms with Gasteiger partial charge in [0, 0.05) is 0 Å². The molecule has 0 aromatic carbocycles. The molecule has 0 fully saturated rings. The number of furan rings is 1. The second-order valence-corrected chi connectivity index (χ2v) is 4.64. The fourth-order valence-electron chi connectivity index (χ4n) is 1.72. The number of nitrogens with two attached hydrogens (primary N) is 1. The van der Waals surface area contributed by atoms with Gasteiger partial charge in [0.15, 0.2) is 21.4 Å². The van der Waals surface area contributed by atoms with Crippen LogP contribution in [0, 0.1) is 0 Å². The summed E-state index contributed by atoms with van der Waals surface area (Å²) in [5, 5.41) is 0.403. The number of imidazole rings is 1. The molecule has 0 aliphatic carbocycles. The van der Waals surface area contributed by atoms with Gasteiger partial charge in [-0.15, -0.1) is 0 Å². The van der Waals surface area contributed by atoms with Gasteiger partial charge in [-0.3, -0.25) is 4.40 Å². The predicted octanol–water partition coefficient (Wildman–Crippen LogP) is 3.59. The van der Waals surface area contributed by atoms with Gasteiger partial charge in [-0.2, -0.15) is 0 Å². The van der Waals surface area contributed by atoms with E-state index in [1.807, 2.05) is 18.2 Å². The molecule has 17 heavy (non-hydrogen) atoms. The van der Waals surface area contributed by atoms with Crippen molar-refractivity contribution in [2.24, 2.45) is 0 Å². The number of pyridine rings is 1. The van der Waals surface area contributed by atoms with E-state index >= 15 is 0 Å². The fourth-order valence-corrected chi connectivity index (χ4v) is 2.26. The second kappa shape index (κ2) is 3.78. The lowest BCUT2D eigenvalue weighted by Gasteiger charge is -2.01. The molecule has 0 aliphatic rings. The van der Waals surface area contributed by atoms with Crippen molar-refractivity contribution in [1.82, 2.24) is 9.38 Å². The maximum absolute atomic E-state index is 6.07. The molecule has 3 rings (SSSR count). The minimum Gasteiger partial charge on any atom is -0.446 e. The molecular formula is C11H7BrClN3O. The van der Waals surface area contributed by atoms with Crippen LogP contribution in [0.1, 0.15) is 0 Å². The zero-order valence-corrected chi connectivity index (χ0v) is 10.9. The van der Waals surface area contributed by atoms with Crippen LogP contribution in [0.5, 0.6) is 0 Å². The number of aromatic nitrogens is 2. The number of anilines is 1. The Kier molecular flexibility index (Phi) is 2.38. The van der Waals surface area contributed by atoms with Crippen molar-refractivity contribution in [3.8, 4) is 11.6 Å². The molecule has 0 amide bonds. The molecule has 4 nitrogen and oxygen atoms in total. The number of fused-ring (bicyclic) bond motifs is 1. The highest BCUT2D eigenvalue weighted by Gasteiger charge is 2.15. The summed E-state index contributed by atoms with van der Waals surface area (Å²) in [5.41, 5.74) is 6.68. The summed E-state index contributed by atoms with van der Waals surface area (Å²) in [6, 6.07) is 9.07. The van der Waals surface area contributed by atoms with Crippen LogP contribution in [0.25, 0.3) is 17.1 Å². The molecule has 6 heteroatoms. The van der Waals surface area contributed by atoms with E-state index < -0.39 is 0 Å². The van der Waals surface area contributed by atoms with Crippen LogP contribution >= 0.6 is 27.5 Å².